The lowest BCUT2D eigenvalue weighted by Crippen LogP contribution is -1.96. The summed E-state index contributed by atoms with van der Waals surface area (Å²) in [6.07, 6.45) is 0. The van der Waals surface area contributed by atoms with Crippen LogP contribution in [0.15, 0.2) is 42.5 Å². The van der Waals surface area contributed by atoms with Gasteiger partial charge in [0.15, 0.2) is 0 Å². The normalized spacial score (nSPS) is 10.0. The molecule has 82 valence electrons. The zero-order chi connectivity index (χ0) is 11.5. The number of nitrogen functional groups attached to an aromatic ring is 2. The molecule has 2 aromatic carbocycles. The quantitative estimate of drug-likeness (QED) is 0.457. The van der Waals surface area contributed by atoms with Gasteiger partial charge in [0.25, 0.3) is 0 Å². The number of benzene rings is 2. The van der Waals surface area contributed by atoms with Gasteiger partial charge in [0.1, 0.15) is 5.75 Å². The molecule has 6 N–H and O–H groups in total. The van der Waals surface area contributed by atoms with Crippen molar-refractivity contribution in [1.82, 2.24) is 0 Å². The molecule has 0 saturated heterocycles. The average molecular weight is 215 g/mol. The minimum absolute atomic E-state index is 0.167. The van der Waals surface area contributed by atoms with Gasteiger partial charge in [-0.2, -0.15) is 0 Å². The van der Waals surface area contributed by atoms with E-state index in [0.29, 0.717) is 17.1 Å². The van der Waals surface area contributed by atoms with Crippen LogP contribution in [0.3, 0.4) is 0 Å². The van der Waals surface area contributed by atoms with Gasteiger partial charge in [-0.15, -0.1) is 0 Å². The van der Waals surface area contributed by atoms with Crippen molar-refractivity contribution in [2.45, 2.75) is 0 Å². The van der Waals surface area contributed by atoms with Gasteiger partial charge in [0, 0.05) is 17.4 Å². The second kappa shape index (κ2) is 4.02. The Morgan fingerprint density at radius 1 is 1.00 bits per heavy atom. The van der Waals surface area contributed by atoms with E-state index in [-0.39, 0.29) is 5.75 Å². The summed E-state index contributed by atoms with van der Waals surface area (Å²) in [5, 5.41) is 12.4. The van der Waals surface area contributed by atoms with Gasteiger partial charge in [-0.1, -0.05) is 6.07 Å². The predicted octanol–water partition coefficient (Wildman–Crippen LogP) is 2.30. The third kappa shape index (κ3) is 2.17. The molecule has 4 nitrogen and oxygen atoms in total. The Labute approximate surface area is 93.5 Å². The Morgan fingerprint density at radius 3 is 2.56 bits per heavy atom. The molecule has 0 atom stereocenters. The fourth-order valence-corrected chi connectivity index (χ4v) is 1.42. The molecular weight excluding hydrogens is 202 g/mol. The number of rotatable bonds is 2. The number of anilines is 4. The number of nitrogens with two attached hydrogens (primary N) is 2. The summed E-state index contributed by atoms with van der Waals surface area (Å²) in [6.45, 7) is 0. The van der Waals surface area contributed by atoms with E-state index >= 15 is 0 Å². The molecule has 16 heavy (non-hydrogen) atoms. The van der Waals surface area contributed by atoms with Crippen LogP contribution in [-0.4, -0.2) is 5.11 Å². The fourth-order valence-electron chi connectivity index (χ4n) is 1.42. The Balaban J connectivity index is 2.30. The predicted molar refractivity (Wildman–Crippen MR) is 66.7 cm³/mol. The maximum Gasteiger partial charge on any atom is 0.117 e. The van der Waals surface area contributed by atoms with Crippen molar-refractivity contribution in [3.05, 3.63) is 42.5 Å². The molecule has 2 rings (SSSR count). The molecule has 0 aromatic heterocycles. The fraction of sp³-hybridized carbons (Fsp3) is 0. The maximum absolute atomic E-state index is 9.35. The van der Waals surface area contributed by atoms with E-state index in [0.717, 1.165) is 5.69 Å². The Kier molecular flexibility index (Phi) is 2.55. The van der Waals surface area contributed by atoms with Crippen LogP contribution in [0.25, 0.3) is 0 Å². The molecule has 0 aliphatic heterocycles. The van der Waals surface area contributed by atoms with E-state index < -0.39 is 0 Å². The van der Waals surface area contributed by atoms with Gasteiger partial charge in [-0.05, 0) is 30.3 Å². The number of phenolic OH excluding ortho intramolecular Hbond substituents is 1. The average Bonchev–Trinajstić information content (AvgIpc) is 2.24. The maximum atomic E-state index is 9.35. The molecule has 0 heterocycles. The molecule has 0 radical (unpaired) electrons. The van der Waals surface area contributed by atoms with Crippen molar-refractivity contribution in [3.8, 4) is 5.75 Å². The molecule has 4 heteroatoms. The van der Waals surface area contributed by atoms with Gasteiger partial charge in [0.05, 0.1) is 11.4 Å². The van der Waals surface area contributed by atoms with Crippen LogP contribution in [0.1, 0.15) is 0 Å². The molecular formula is C12H13N3O. The third-order valence-corrected chi connectivity index (χ3v) is 2.20. The first-order valence-electron chi connectivity index (χ1n) is 4.86. The van der Waals surface area contributed by atoms with Crippen molar-refractivity contribution in [2.24, 2.45) is 0 Å². The van der Waals surface area contributed by atoms with Crippen LogP contribution < -0.4 is 16.8 Å². The number of nitrogens with one attached hydrogen (secondary N) is 1. The minimum atomic E-state index is 0.167. The number of phenols is 1. The van der Waals surface area contributed by atoms with Crippen molar-refractivity contribution >= 4 is 22.7 Å². The highest BCUT2D eigenvalue weighted by molar-refractivity contribution is 5.74. The van der Waals surface area contributed by atoms with Crippen molar-refractivity contribution in [1.29, 1.82) is 0 Å². The highest BCUT2D eigenvalue weighted by Crippen LogP contribution is 2.27. The van der Waals surface area contributed by atoms with Gasteiger partial charge < -0.3 is 21.9 Å². The summed E-state index contributed by atoms with van der Waals surface area (Å²) in [7, 11) is 0. The SMILES string of the molecule is Nc1cccc(Nc2cc(O)ccc2N)c1. The van der Waals surface area contributed by atoms with E-state index in [2.05, 4.69) is 5.32 Å². The highest BCUT2D eigenvalue weighted by atomic mass is 16.3. The van der Waals surface area contributed by atoms with Crippen molar-refractivity contribution in [2.75, 3.05) is 16.8 Å². The summed E-state index contributed by atoms with van der Waals surface area (Å²) >= 11 is 0. The Morgan fingerprint density at radius 2 is 1.81 bits per heavy atom. The number of aromatic hydroxyl groups is 1. The molecule has 0 fully saturated rings. The van der Waals surface area contributed by atoms with Gasteiger partial charge in [0.2, 0.25) is 0 Å². The second-order valence-corrected chi connectivity index (χ2v) is 3.52. The van der Waals surface area contributed by atoms with Crippen molar-refractivity contribution < 1.29 is 5.11 Å². The van der Waals surface area contributed by atoms with E-state index in [9.17, 15) is 5.11 Å². The number of hydrogen-bond acceptors (Lipinski definition) is 4. The van der Waals surface area contributed by atoms with Gasteiger partial charge in [-0.3, -0.25) is 0 Å². The van der Waals surface area contributed by atoms with E-state index in [4.69, 9.17) is 11.5 Å². The van der Waals surface area contributed by atoms with Crippen LogP contribution in [0, 0.1) is 0 Å². The first kappa shape index (κ1) is 10.2. The third-order valence-electron chi connectivity index (χ3n) is 2.20. The first-order chi connectivity index (χ1) is 7.65. The smallest absolute Gasteiger partial charge is 0.117 e. The van der Waals surface area contributed by atoms with Crippen LogP contribution in [-0.2, 0) is 0 Å². The van der Waals surface area contributed by atoms with Crippen LogP contribution in [0.4, 0.5) is 22.7 Å². The molecule has 0 aliphatic rings. The first-order valence-corrected chi connectivity index (χ1v) is 4.86. The van der Waals surface area contributed by atoms with Gasteiger partial charge in [-0.25, -0.2) is 0 Å². The minimum Gasteiger partial charge on any atom is -0.508 e. The molecule has 0 amide bonds. The molecule has 0 spiro atoms. The van der Waals surface area contributed by atoms with E-state index in [1.54, 1.807) is 30.3 Å². The molecule has 0 aliphatic carbocycles. The Bertz CT molecular complexity index is 511. The van der Waals surface area contributed by atoms with Crippen LogP contribution in [0.5, 0.6) is 5.75 Å². The zero-order valence-corrected chi connectivity index (χ0v) is 8.64. The van der Waals surface area contributed by atoms with Crippen molar-refractivity contribution in [3.63, 3.8) is 0 Å². The summed E-state index contributed by atoms with van der Waals surface area (Å²) < 4.78 is 0. The monoisotopic (exact) mass is 215 g/mol. The zero-order valence-electron chi connectivity index (χ0n) is 8.64. The van der Waals surface area contributed by atoms with Crippen LogP contribution in [0.2, 0.25) is 0 Å². The van der Waals surface area contributed by atoms with Crippen LogP contribution >= 0.6 is 0 Å². The van der Waals surface area contributed by atoms with E-state index in [1.807, 2.05) is 12.1 Å². The molecule has 0 saturated carbocycles. The molecule has 2 aromatic rings. The topological polar surface area (TPSA) is 84.3 Å². The standard InChI is InChI=1S/C12H13N3O/c13-8-2-1-3-9(6-8)15-12-7-10(16)4-5-11(12)14/h1-7,15-16H,13-14H2. The van der Waals surface area contributed by atoms with E-state index in [1.165, 1.54) is 0 Å². The lowest BCUT2D eigenvalue weighted by atomic mass is 10.2. The second-order valence-electron chi connectivity index (χ2n) is 3.52. The lowest BCUT2D eigenvalue weighted by molar-refractivity contribution is 0.475. The summed E-state index contributed by atoms with van der Waals surface area (Å²) in [4.78, 5) is 0. The Hall–Kier alpha value is -2.36. The largest absolute Gasteiger partial charge is 0.508 e. The summed E-state index contributed by atoms with van der Waals surface area (Å²) in [5.74, 6) is 0.167. The highest BCUT2D eigenvalue weighted by Gasteiger charge is 2.01. The number of hydrogen-bond donors (Lipinski definition) is 4. The van der Waals surface area contributed by atoms with Gasteiger partial charge >= 0.3 is 0 Å². The lowest BCUT2D eigenvalue weighted by Gasteiger charge is -2.10. The molecule has 0 unspecified atom stereocenters. The summed E-state index contributed by atoms with van der Waals surface area (Å²) in [6, 6.07) is 12.1. The summed E-state index contributed by atoms with van der Waals surface area (Å²) in [5.41, 5.74) is 14.2. The molecule has 0 bridgehead atoms.